The van der Waals surface area contributed by atoms with Gasteiger partial charge in [-0.15, -0.1) is 0 Å². The van der Waals surface area contributed by atoms with E-state index in [9.17, 15) is 0 Å². The summed E-state index contributed by atoms with van der Waals surface area (Å²) in [5, 5.41) is 3.68. The number of piperidine rings is 1. The van der Waals surface area contributed by atoms with Crippen LogP contribution in [0.1, 0.15) is 53.9 Å². The lowest BCUT2D eigenvalue weighted by atomic mass is 9.97. The standard InChI is InChI=1S/C14H30N2/c1-12(2)13(3)15-11-14(4,5)16-9-7-6-8-10-16/h12-13,15H,6-11H2,1-5H3. The Balaban J connectivity index is 2.37. The first-order chi connectivity index (χ1) is 7.43. The Morgan fingerprint density at radius 1 is 1.06 bits per heavy atom. The number of hydrogen-bond acceptors (Lipinski definition) is 2. The average Bonchev–Trinajstić information content (AvgIpc) is 2.27. The third-order valence-corrected chi connectivity index (χ3v) is 4.07. The molecule has 1 saturated heterocycles. The normalized spacial score (nSPS) is 21.4. The first-order valence-corrected chi connectivity index (χ1v) is 6.92. The van der Waals surface area contributed by atoms with Gasteiger partial charge >= 0.3 is 0 Å². The van der Waals surface area contributed by atoms with Crippen LogP contribution in [-0.4, -0.2) is 36.1 Å². The minimum Gasteiger partial charge on any atom is -0.312 e. The Morgan fingerprint density at radius 3 is 2.12 bits per heavy atom. The van der Waals surface area contributed by atoms with Gasteiger partial charge in [-0.2, -0.15) is 0 Å². The zero-order valence-corrected chi connectivity index (χ0v) is 11.8. The van der Waals surface area contributed by atoms with Crippen LogP contribution in [0.4, 0.5) is 0 Å². The Kier molecular flexibility index (Phi) is 5.26. The lowest BCUT2D eigenvalue weighted by Gasteiger charge is -2.42. The molecule has 0 aromatic heterocycles. The number of nitrogens with one attached hydrogen (secondary N) is 1. The monoisotopic (exact) mass is 226 g/mol. The molecule has 2 heteroatoms. The van der Waals surface area contributed by atoms with Crippen LogP contribution in [0.5, 0.6) is 0 Å². The fourth-order valence-electron chi connectivity index (χ4n) is 2.26. The van der Waals surface area contributed by atoms with Gasteiger partial charge in [0, 0.05) is 18.1 Å². The van der Waals surface area contributed by atoms with Crippen LogP contribution in [0.25, 0.3) is 0 Å². The smallest absolute Gasteiger partial charge is 0.0277 e. The van der Waals surface area contributed by atoms with E-state index < -0.39 is 0 Å². The Hall–Kier alpha value is -0.0800. The first kappa shape index (κ1) is 14.0. The summed E-state index contributed by atoms with van der Waals surface area (Å²) in [6.07, 6.45) is 4.18. The molecule has 0 aromatic rings. The Bertz CT molecular complexity index is 193. The highest BCUT2D eigenvalue weighted by atomic mass is 15.2. The van der Waals surface area contributed by atoms with Crippen molar-refractivity contribution in [1.29, 1.82) is 0 Å². The maximum Gasteiger partial charge on any atom is 0.0277 e. The SMILES string of the molecule is CC(C)C(C)NCC(C)(C)N1CCCCC1. The van der Waals surface area contributed by atoms with E-state index in [4.69, 9.17) is 0 Å². The molecule has 0 spiro atoms. The van der Waals surface area contributed by atoms with Gasteiger partial charge < -0.3 is 5.32 Å². The molecule has 1 fully saturated rings. The van der Waals surface area contributed by atoms with Crippen molar-refractivity contribution in [2.45, 2.75) is 65.5 Å². The van der Waals surface area contributed by atoms with Gasteiger partial charge in [-0.25, -0.2) is 0 Å². The Morgan fingerprint density at radius 2 is 1.62 bits per heavy atom. The van der Waals surface area contributed by atoms with E-state index in [1.807, 2.05) is 0 Å². The molecule has 1 unspecified atom stereocenters. The molecule has 96 valence electrons. The summed E-state index contributed by atoms with van der Waals surface area (Å²) >= 11 is 0. The molecule has 16 heavy (non-hydrogen) atoms. The van der Waals surface area contributed by atoms with Crippen molar-refractivity contribution in [2.75, 3.05) is 19.6 Å². The van der Waals surface area contributed by atoms with Crippen molar-refractivity contribution in [1.82, 2.24) is 10.2 Å². The van der Waals surface area contributed by atoms with Gasteiger partial charge in [-0.3, -0.25) is 4.90 Å². The third-order valence-electron chi connectivity index (χ3n) is 4.07. The van der Waals surface area contributed by atoms with Crippen LogP contribution >= 0.6 is 0 Å². The molecular formula is C14H30N2. The van der Waals surface area contributed by atoms with Gasteiger partial charge in [0.05, 0.1) is 0 Å². The number of hydrogen-bond donors (Lipinski definition) is 1. The van der Waals surface area contributed by atoms with Crippen molar-refractivity contribution < 1.29 is 0 Å². The summed E-state index contributed by atoms with van der Waals surface area (Å²) in [5.41, 5.74) is 0.309. The van der Waals surface area contributed by atoms with Crippen LogP contribution in [0.15, 0.2) is 0 Å². The number of likely N-dealkylation sites (tertiary alicyclic amines) is 1. The minimum absolute atomic E-state index is 0.309. The van der Waals surface area contributed by atoms with Gasteiger partial charge in [0.2, 0.25) is 0 Å². The summed E-state index contributed by atoms with van der Waals surface area (Å²) in [5.74, 6) is 0.720. The molecule has 0 bridgehead atoms. The lowest BCUT2D eigenvalue weighted by molar-refractivity contribution is 0.0907. The van der Waals surface area contributed by atoms with Crippen LogP contribution in [0.2, 0.25) is 0 Å². The zero-order chi connectivity index (χ0) is 12.2. The molecule has 1 rings (SSSR count). The molecule has 1 atom stereocenters. The van der Waals surface area contributed by atoms with Crippen LogP contribution in [0, 0.1) is 5.92 Å². The van der Waals surface area contributed by atoms with Crippen molar-refractivity contribution in [3.63, 3.8) is 0 Å². The third kappa shape index (κ3) is 4.06. The molecule has 0 saturated carbocycles. The molecular weight excluding hydrogens is 196 g/mol. The van der Waals surface area contributed by atoms with E-state index in [0.29, 0.717) is 11.6 Å². The molecule has 1 N–H and O–H groups in total. The van der Waals surface area contributed by atoms with Crippen LogP contribution in [0.3, 0.4) is 0 Å². The first-order valence-electron chi connectivity index (χ1n) is 6.92. The molecule has 2 nitrogen and oxygen atoms in total. The van der Waals surface area contributed by atoms with E-state index in [2.05, 4.69) is 44.8 Å². The summed E-state index contributed by atoms with van der Waals surface area (Å²) in [7, 11) is 0. The average molecular weight is 226 g/mol. The highest BCUT2D eigenvalue weighted by Gasteiger charge is 2.28. The van der Waals surface area contributed by atoms with Gasteiger partial charge in [0.25, 0.3) is 0 Å². The van der Waals surface area contributed by atoms with Gasteiger partial charge in [-0.05, 0) is 52.6 Å². The highest BCUT2D eigenvalue weighted by Crippen LogP contribution is 2.20. The van der Waals surface area contributed by atoms with Crippen molar-refractivity contribution in [2.24, 2.45) is 5.92 Å². The van der Waals surface area contributed by atoms with Crippen molar-refractivity contribution in [3.8, 4) is 0 Å². The Labute approximate surface area is 102 Å². The van der Waals surface area contributed by atoms with Crippen LogP contribution in [-0.2, 0) is 0 Å². The van der Waals surface area contributed by atoms with E-state index in [0.717, 1.165) is 12.5 Å². The van der Waals surface area contributed by atoms with E-state index >= 15 is 0 Å². The number of nitrogens with zero attached hydrogens (tertiary/aromatic N) is 1. The van der Waals surface area contributed by atoms with Gasteiger partial charge in [-0.1, -0.05) is 20.3 Å². The summed E-state index contributed by atoms with van der Waals surface area (Å²) in [4.78, 5) is 2.65. The minimum atomic E-state index is 0.309. The molecule has 0 radical (unpaired) electrons. The lowest BCUT2D eigenvalue weighted by Crippen LogP contribution is -2.54. The topological polar surface area (TPSA) is 15.3 Å². The van der Waals surface area contributed by atoms with Gasteiger partial charge in [0.15, 0.2) is 0 Å². The maximum atomic E-state index is 3.68. The second kappa shape index (κ2) is 6.02. The quantitative estimate of drug-likeness (QED) is 0.775. The van der Waals surface area contributed by atoms with Gasteiger partial charge in [0.1, 0.15) is 0 Å². The molecule has 1 heterocycles. The van der Waals surface area contributed by atoms with Crippen molar-refractivity contribution >= 4 is 0 Å². The van der Waals surface area contributed by atoms with E-state index in [1.54, 1.807) is 0 Å². The molecule has 0 aromatic carbocycles. The molecule has 0 aliphatic carbocycles. The fourth-order valence-corrected chi connectivity index (χ4v) is 2.26. The highest BCUT2D eigenvalue weighted by molar-refractivity contribution is 4.86. The molecule has 0 amide bonds. The van der Waals surface area contributed by atoms with E-state index in [1.165, 1.54) is 32.4 Å². The van der Waals surface area contributed by atoms with E-state index in [-0.39, 0.29) is 0 Å². The number of rotatable bonds is 5. The fraction of sp³-hybridized carbons (Fsp3) is 1.00. The summed E-state index contributed by atoms with van der Waals surface area (Å²) < 4.78 is 0. The predicted molar refractivity (Wildman–Crippen MR) is 71.8 cm³/mol. The summed E-state index contributed by atoms with van der Waals surface area (Å²) in [6, 6.07) is 0.615. The predicted octanol–water partition coefficient (Wildman–Crippen LogP) is 2.89. The van der Waals surface area contributed by atoms with Crippen LogP contribution < -0.4 is 5.32 Å². The maximum absolute atomic E-state index is 3.68. The second-order valence-electron chi connectivity index (χ2n) is 6.27. The molecule has 1 aliphatic heterocycles. The largest absolute Gasteiger partial charge is 0.312 e. The summed E-state index contributed by atoms with van der Waals surface area (Å²) in [6.45, 7) is 15.3. The second-order valence-corrected chi connectivity index (χ2v) is 6.27. The van der Waals surface area contributed by atoms with Crippen molar-refractivity contribution in [3.05, 3.63) is 0 Å². The molecule has 1 aliphatic rings. The zero-order valence-electron chi connectivity index (χ0n) is 11.8.